The van der Waals surface area contributed by atoms with Gasteiger partial charge in [0.15, 0.2) is 0 Å². The molecule has 2 rings (SSSR count). The molecular formula is C10H11Br2NO4. The van der Waals surface area contributed by atoms with E-state index in [9.17, 15) is 14.4 Å². The minimum absolute atomic E-state index is 0.144. The van der Waals surface area contributed by atoms with Crippen molar-refractivity contribution in [1.29, 1.82) is 0 Å². The van der Waals surface area contributed by atoms with E-state index in [1.165, 1.54) is 0 Å². The number of fused-ring (bicyclic) bond motifs is 1. The third kappa shape index (κ3) is 2.27. The van der Waals surface area contributed by atoms with Gasteiger partial charge in [0, 0.05) is 9.65 Å². The first-order valence-electron chi connectivity index (χ1n) is 5.27. The first-order valence-corrected chi connectivity index (χ1v) is 7.10. The smallest absolute Gasteiger partial charge is 0.323 e. The van der Waals surface area contributed by atoms with E-state index in [0.29, 0.717) is 12.8 Å². The van der Waals surface area contributed by atoms with Crippen LogP contribution < -0.4 is 0 Å². The third-order valence-electron chi connectivity index (χ3n) is 3.30. The molecule has 0 unspecified atom stereocenters. The Balaban J connectivity index is 2.19. The Morgan fingerprint density at radius 2 is 1.59 bits per heavy atom. The molecule has 1 aliphatic heterocycles. The molecule has 0 aromatic carbocycles. The minimum Gasteiger partial charge on any atom is -0.480 e. The number of carboxylic acid groups (broad SMARTS) is 1. The zero-order valence-electron chi connectivity index (χ0n) is 8.81. The standard InChI is InChI=1S/C10H11Br2NO4/c11-6-1-4-5(2-7(6)12)10(17)13(9(4)16)3-8(14)15/h4-7H,1-3H2,(H,14,15)/t4-,5+,6+,7-. The summed E-state index contributed by atoms with van der Waals surface area (Å²) in [6.45, 7) is -0.523. The molecule has 1 aliphatic carbocycles. The van der Waals surface area contributed by atoms with Gasteiger partial charge in [0.1, 0.15) is 6.54 Å². The molecule has 0 aromatic heterocycles. The number of carbonyl (C=O) groups is 3. The fourth-order valence-electron chi connectivity index (χ4n) is 2.45. The van der Waals surface area contributed by atoms with Crippen LogP contribution >= 0.6 is 31.9 Å². The lowest BCUT2D eigenvalue weighted by atomic mass is 9.81. The maximum atomic E-state index is 11.9. The van der Waals surface area contributed by atoms with Gasteiger partial charge in [-0.25, -0.2) is 0 Å². The van der Waals surface area contributed by atoms with Gasteiger partial charge in [0.05, 0.1) is 11.8 Å². The largest absolute Gasteiger partial charge is 0.480 e. The molecule has 1 saturated heterocycles. The summed E-state index contributed by atoms with van der Waals surface area (Å²) in [5, 5.41) is 8.68. The number of carbonyl (C=O) groups excluding carboxylic acids is 2. The summed E-state index contributed by atoms with van der Waals surface area (Å²) in [7, 11) is 0. The van der Waals surface area contributed by atoms with Crippen molar-refractivity contribution in [1.82, 2.24) is 4.90 Å². The van der Waals surface area contributed by atoms with E-state index in [4.69, 9.17) is 5.11 Å². The first-order chi connectivity index (χ1) is 7.91. The highest BCUT2D eigenvalue weighted by Gasteiger charge is 2.52. The van der Waals surface area contributed by atoms with Crippen LogP contribution in [-0.2, 0) is 14.4 Å². The van der Waals surface area contributed by atoms with E-state index in [2.05, 4.69) is 31.9 Å². The van der Waals surface area contributed by atoms with E-state index in [1.807, 2.05) is 0 Å². The highest BCUT2D eigenvalue weighted by molar-refractivity contribution is 9.12. The highest BCUT2D eigenvalue weighted by atomic mass is 79.9. The van der Waals surface area contributed by atoms with Crippen LogP contribution in [0.5, 0.6) is 0 Å². The Morgan fingerprint density at radius 3 is 1.94 bits per heavy atom. The Kier molecular flexibility index (Phi) is 3.58. The number of aliphatic carboxylic acids is 1. The number of carboxylic acids is 1. The maximum Gasteiger partial charge on any atom is 0.323 e. The second-order valence-electron chi connectivity index (χ2n) is 4.37. The fraction of sp³-hybridized carbons (Fsp3) is 0.700. The molecule has 94 valence electrons. The highest BCUT2D eigenvalue weighted by Crippen LogP contribution is 2.42. The Hall–Kier alpha value is -0.430. The molecule has 5 nitrogen and oxygen atoms in total. The van der Waals surface area contributed by atoms with Crippen molar-refractivity contribution in [3.63, 3.8) is 0 Å². The van der Waals surface area contributed by atoms with Gasteiger partial charge in [-0.15, -0.1) is 0 Å². The number of hydrogen-bond donors (Lipinski definition) is 1. The van der Waals surface area contributed by atoms with Crippen molar-refractivity contribution in [3.8, 4) is 0 Å². The zero-order chi connectivity index (χ0) is 12.7. The van der Waals surface area contributed by atoms with Crippen LogP contribution in [0.3, 0.4) is 0 Å². The Morgan fingerprint density at radius 1 is 1.18 bits per heavy atom. The number of halogens is 2. The quantitative estimate of drug-likeness (QED) is 0.582. The van der Waals surface area contributed by atoms with Gasteiger partial charge in [-0.05, 0) is 12.8 Å². The molecule has 2 amide bonds. The molecule has 2 fully saturated rings. The summed E-state index contributed by atoms with van der Waals surface area (Å²) in [4.78, 5) is 35.7. The molecule has 2 aliphatic rings. The van der Waals surface area contributed by atoms with Crippen molar-refractivity contribution < 1.29 is 19.5 Å². The lowest BCUT2D eigenvalue weighted by Crippen LogP contribution is -2.35. The van der Waals surface area contributed by atoms with Crippen molar-refractivity contribution in [3.05, 3.63) is 0 Å². The number of hydrogen-bond acceptors (Lipinski definition) is 3. The number of rotatable bonds is 2. The van der Waals surface area contributed by atoms with Gasteiger partial charge in [-0.1, -0.05) is 31.9 Å². The summed E-state index contributed by atoms with van der Waals surface area (Å²) >= 11 is 6.93. The molecule has 4 atom stereocenters. The van der Waals surface area contributed by atoms with Crippen molar-refractivity contribution >= 4 is 49.6 Å². The topological polar surface area (TPSA) is 74.7 Å². The average Bonchev–Trinajstić information content (AvgIpc) is 2.45. The van der Waals surface area contributed by atoms with Crippen LogP contribution in [0, 0.1) is 11.8 Å². The second kappa shape index (κ2) is 4.68. The maximum absolute atomic E-state index is 11.9. The number of amides is 2. The number of imide groups is 1. The summed E-state index contributed by atoms with van der Waals surface area (Å²) < 4.78 is 0. The third-order valence-corrected chi connectivity index (χ3v) is 6.03. The first kappa shape index (κ1) is 13.0. The molecule has 17 heavy (non-hydrogen) atoms. The van der Waals surface area contributed by atoms with Gasteiger partial charge < -0.3 is 5.11 Å². The monoisotopic (exact) mass is 367 g/mol. The summed E-state index contributed by atoms with van der Waals surface area (Å²) in [5.74, 6) is -2.56. The second-order valence-corrected chi connectivity index (χ2v) is 6.73. The van der Waals surface area contributed by atoms with E-state index in [0.717, 1.165) is 4.90 Å². The summed E-state index contributed by atoms with van der Waals surface area (Å²) in [6.07, 6.45) is 1.14. The predicted octanol–water partition coefficient (Wildman–Crippen LogP) is 0.993. The normalized spacial score (nSPS) is 37.2. The van der Waals surface area contributed by atoms with Crippen LogP contribution in [-0.4, -0.2) is 44.0 Å². The van der Waals surface area contributed by atoms with E-state index in [1.54, 1.807) is 0 Å². The van der Waals surface area contributed by atoms with Crippen LogP contribution in [0.4, 0.5) is 0 Å². The van der Waals surface area contributed by atoms with Crippen LogP contribution in [0.25, 0.3) is 0 Å². The van der Waals surface area contributed by atoms with E-state index < -0.39 is 12.5 Å². The fourth-order valence-corrected chi connectivity index (χ4v) is 3.69. The molecule has 1 N–H and O–H groups in total. The molecule has 0 radical (unpaired) electrons. The lowest BCUT2D eigenvalue weighted by molar-refractivity contribution is -0.149. The summed E-state index contributed by atoms with van der Waals surface area (Å²) in [6, 6.07) is 0. The lowest BCUT2D eigenvalue weighted by Gasteiger charge is -2.29. The minimum atomic E-state index is -1.16. The summed E-state index contributed by atoms with van der Waals surface area (Å²) in [5.41, 5.74) is 0. The number of nitrogens with zero attached hydrogens (tertiary/aromatic N) is 1. The number of alkyl halides is 2. The molecule has 1 saturated carbocycles. The average molecular weight is 369 g/mol. The van der Waals surface area contributed by atoms with Crippen molar-refractivity contribution in [2.75, 3.05) is 6.54 Å². The van der Waals surface area contributed by atoms with Gasteiger partial charge in [0.2, 0.25) is 11.8 Å². The SMILES string of the molecule is O=C(O)CN1C(=O)[C@H]2C[C@@H](Br)[C@@H](Br)C[C@H]2C1=O. The van der Waals surface area contributed by atoms with Gasteiger partial charge in [-0.2, -0.15) is 0 Å². The molecule has 0 aromatic rings. The van der Waals surface area contributed by atoms with Crippen LogP contribution in [0.1, 0.15) is 12.8 Å². The van der Waals surface area contributed by atoms with Crippen LogP contribution in [0.15, 0.2) is 0 Å². The van der Waals surface area contributed by atoms with E-state index >= 15 is 0 Å². The Bertz CT molecular complexity index is 359. The molecule has 0 bridgehead atoms. The van der Waals surface area contributed by atoms with Gasteiger partial charge in [0.25, 0.3) is 0 Å². The predicted molar refractivity (Wildman–Crippen MR) is 66.0 cm³/mol. The van der Waals surface area contributed by atoms with Crippen LogP contribution in [0.2, 0.25) is 0 Å². The van der Waals surface area contributed by atoms with Crippen molar-refractivity contribution in [2.24, 2.45) is 11.8 Å². The number of likely N-dealkylation sites (tertiary alicyclic amines) is 1. The molecular weight excluding hydrogens is 358 g/mol. The molecule has 0 spiro atoms. The van der Waals surface area contributed by atoms with Crippen molar-refractivity contribution in [2.45, 2.75) is 22.5 Å². The van der Waals surface area contributed by atoms with E-state index in [-0.39, 0.29) is 33.3 Å². The molecule has 7 heteroatoms. The van der Waals surface area contributed by atoms with Gasteiger partial charge >= 0.3 is 5.97 Å². The molecule has 1 heterocycles. The zero-order valence-corrected chi connectivity index (χ0v) is 12.0. The Labute approximate surface area is 115 Å². The van der Waals surface area contributed by atoms with Gasteiger partial charge in [-0.3, -0.25) is 19.3 Å².